The number of rotatable bonds is 3. The van der Waals surface area contributed by atoms with Crippen LogP contribution in [0.1, 0.15) is 42.4 Å². The molecule has 1 saturated heterocycles. The van der Waals surface area contributed by atoms with E-state index in [1.54, 1.807) is 0 Å². The third kappa shape index (κ3) is 4.21. The lowest BCUT2D eigenvalue weighted by atomic mass is 9.69. The zero-order chi connectivity index (χ0) is 24.9. The van der Waals surface area contributed by atoms with Gasteiger partial charge in [-0.05, 0) is 51.4 Å². The summed E-state index contributed by atoms with van der Waals surface area (Å²) < 4.78 is 79.9. The molecule has 2 aromatic rings. The molecular weight excluding hydrogens is 462 g/mol. The number of anilines is 1. The van der Waals surface area contributed by atoms with Crippen LogP contribution in [0, 0.1) is 0 Å². The molecule has 4 rings (SSSR count). The highest BCUT2D eigenvalue weighted by Crippen LogP contribution is 2.47. The number of halogens is 6. The molecule has 2 amide bonds. The summed E-state index contributed by atoms with van der Waals surface area (Å²) in [5.74, 6) is -0.817. The molecule has 0 unspecified atom stereocenters. The quantitative estimate of drug-likeness (QED) is 0.590. The van der Waals surface area contributed by atoms with E-state index in [-0.39, 0.29) is 18.2 Å². The van der Waals surface area contributed by atoms with Gasteiger partial charge in [0.2, 0.25) is 0 Å². The molecule has 2 heterocycles. The Balaban J connectivity index is 1.62. The summed E-state index contributed by atoms with van der Waals surface area (Å²) in [4.78, 5) is 19.1. The van der Waals surface area contributed by atoms with Crippen LogP contribution in [0.5, 0.6) is 0 Å². The molecule has 1 aromatic heterocycles. The number of nitrogens with one attached hydrogen (secondary N) is 1. The van der Waals surface area contributed by atoms with Crippen molar-refractivity contribution in [1.82, 2.24) is 15.2 Å². The number of carbonyl (C=O) groups excluding carboxylic acids is 1. The summed E-state index contributed by atoms with van der Waals surface area (Å²) in [7, 11) is 3.93. The van der Waals surface area contributed by atoms with Crippen LogP contribution in [0.25, 0.3) is 0 Å². The zero-order valence-corrected chi connectivity index (χ0v) is 18.6. The van der Waals surface area contributed by atoms with Crippen LogP contribution in [0.15, 0.2) is 42.6 Å². The summed E-state index contributed by atoms with van der Waals surface area (Å²) in [5.41, 5.74) is -3.08. The van der Waals surface area contributed by atoms with Crippen molar-refractivity contribution in [3.05, 3.63) is 59.3 Å². The predicted octanol–water partition coefficient (Wildman–Crippen LogP) is 5.42. The number of amides is 2. The Hall–Kier alpha value is -2.82. The first-order valence-corrected chi connectivity index (χ1v) is 10.7. The van der Waals surface area contributed by atoms with E-state index < -0.39 is 40.9 Å². The van der Waals surface area contributed by atoms with Gasteiger partial charge in [-0.1, -0.05) is 30.3 Å². The number of carbonyl (C=O) groups is 1. The van der Waals surface area contributed by atoms with E-state index in [4.69, 9.17) is 0 Å². The van der Waals surface area contributed by atoms with E-state index in [1.165, 1.54) is 0 Å². The minimum atomic E-state index is -5.11. The minimum absolute atomic E-state index is 0.00789. The number of hydrogen-bond acceptors (Lipinski definition) is 3. The third-order valence-corrected chi connectivity index (χ3v) is 7.03. The number of aromatic nitrogens is 1. The van der Waals surface area contributed by atoms with Gasteiger partial charge in [0.25, 0.3) is 0 Å². The van der Waals surface area contributed by atoms with Gasteiger partial charge in [-0.15, -0.1) is 0 Å². The average molecular weight is 486 g/mol. The first-order valence-electron chi connectivity index (χ1n) is 10.7. The van der Waals surface area contributed by atoms with Crippen molar-refractivity contribution >= 4 is 11.8 Å². The molecule has 11 heteroatoms. The van der Waals surface area contributed by atoms with E-state index in [2.05, 4.69) is 15.2 Å². The molecule has 1 aliphatic carbocycles. The summed E-state index contributed by atoms with van der Waals surface area (Å²) in [6.45, 7) is -0.106. The maximum absolute atomic E-state index is 13.6. The van der Waals surface area contributed by atoms with Gasteiger partial charge in [-0.2, -0.15) is 26.3 Å². The lowest BCUT2D eigenvalue weighted by Gasteiger charge is -2.48. The number of urea groups is 1. The monoisotopic (exact) mass is 486 g/mol. The summed E-state index contributed by atoms with van der Waals surface area (Å²) >= 11 is 0. The molecule has 0 bridgehead atoms. The zero-order valence-electron chi connectivity index (χ0n) is 18.6. The minimum Gasteiger partial charge on any atom is -0.330 e. The standard InChI is InChI=1S/C23H24F6N4O/c1-32(2)21(15-6-4-3-5-7-15)10-8-20(9-11-21)14-33(19(34)31-20)18-17(23(27,28)29)12-16(13-30-18)22(24,25)26/h3-7,12-13H,8-11,14H2,1-2H3,(H,31,34)/t20-,21-. The molecule has 184 valence electrons. The number of alkyl halides is 6. The van der Waals surface area contributed by atoms with Crippen molar-refractivity contribution in [3.63, 3.8) is 0 Å². The number of hydrogen-bond donors (Lipinski definition) is 1. The first kappa shape index (κ1) is 24.3. The molecule has 2 aliphatic rings. The van der Waals surface area contributed by atoms with E-state index >= 15 is 0 Å². The van der Waals surface area contributed by atoms with Crippen molar-refractivity contribution in [2.45, 2.75) is 49.1 Å². The van der Waals surface area contributed by atoms with Crippen molar-refractivity contribution in [2.75, 3.05) is 25.5 Å². The van der Waals surface area contributed by atoms with Gasteiger partial charge in [-0.3, -0.25) is 9.80 Å². The van der Waals surface area contributed by atoms with Crippen molar-refractivity contribution in [3.8, 4) is 0 Å². The third-order valence-electron chi connectivity index (χ3n) is 7.03. The Bertz CT molecular complexity index is 1060. The molecule has 1 aliphatic heterocycles. The Morgan fingerprint density at radius 1 is 0.971 bits per heavy atom. The van der Waals surface area contributed by atoms with Gasteiger partial charge < -0.3 is 5.32 Å². The summed E-state index contributed by atoms with van der Waals surface area (Å²) in [6.07, 6.45) is -7.50. The van der Waals surface area contributed by atoms with Crippen LogP contribution in [0.2, 0.25) is 0 Å². The number of pyridine rings is 1. The van der Waals surface area contributed by atoms with Crippen LogP contribution >= 0.6 is 0 Å². The fourth-order valence-corrected chi connectivity index (χ4v) is 5.08. The predicted molar refractivity (Wildman–Crippen MR) is 113 cm³/mol. The Kier molecular flexibility index (Phi) is 5.82. The lowest BCUT2D eigenvalue weighted by Crippen LogP contribution is -2.54. The van der Waals surface area contributed by atoms with Gasteiger partial charge in [0.15, 0.2) is 0 Å². The molecule has 0 radical (unpaired) electrons. The second-order valence-corrected chi connectivity index (χ2v) is 9.18. The van der Waals surface area contributed by atoms with Crippen LogP contribution in [0.3, 0.4) is 0 Å². The highest BCUT2D eigenvalue weighted by molar-refractivity contribution is 5.95. The van der Waals surface area contributed by atoms with E-state index in [1.807, 2.05) is 44.4 Å². The van der Waals surface area contributed by atoms with Crippen LogP contribution in [-0.4, -0.2) is 42.1 Å². The molecule has 1 spiro atoms. The topological polar surface area (TPSA) is 48.5 Å². The lowest BCUT2D eigenvalue weighted by molar-refractivity contribution is -0.143. The Morgan fingerprint density at radius 3 is 2.12 bits per heavy atom. The molecular formula is C23H24F6N4O. The molecule has 34 heavy (non-hydrogen) atoms. The highest BCUT2D eigenvalue weighted by atomic mass is 19.4. The Morgan fingerprint density at radius 2 is 1.59 bits per heavy atom. The summed E-state index contributed by atoms with van der Waals surface area (Å²) in [6, 6.07) is 9.07. The van der Waals surface area contributed by atoms with Gasteiger partial charge in [0, 0.05) is 11.7 Å². The van der Waals surface area contributed by atoms with E-state index in [0.717, 1.165) is 10.5 Å². The van der Waals surface area contributed by atoms with Gasteiger partial charge in [0.1, 0.15) is 5.82 Å². The van der Waals surface area contributed by atoms with Crippen molar-refractivity contribution in [1.29, 1.82) is 0 Å². The van der Waals surface area contributed by atoms with E-state index in [9.17, 15) is 31.1 Å². The fraction of sp³-hybridized carbons (Fsp3) is 0.478. The van der Waals surface area contributed by atoms with Gasteiger partial charge >= 0.3 is 18.4 Å². The van der Waals surface area contributed by atoms with Crippen LogP contribution in [0.4, 0.5) is 37.0 Å². The van der Waals surface area contributed by atoms with Crippen molar-refractivity contribution in [2.24, 2.45) is 0 Å². The molecule has 2 fully saturated rings. The van der Waals surface area contributed by atoms with Crippen LogP contribution in [-0.2, 0) is 17.9 Å². The SMILES string of the molecule is CN(C)[C@]1(c2ccccc2)CC[C@@]2(CC1)CN(c1ncc(C(F)(F)F)cc1C(F)(F)F)C(=O)N2. The first-order chi connectivity index (χ1) is 15.8. The molecule has 1 aromatic carbocycles. The van der Waals surface area contributed by atoms with Gasteiger partial charge in [-0.25, -0.2) is 9.78 Å². The highest BCUT2D eigenvalue weighted by Gasteiger charge is 2.52. The fourth-order valence-electron chi connectivity index (χ4n) is 5.08. The van der Waals surface area contributed by atoms with Crippen molar-refractivity contribution < 1.29 is 31.1 Å². The van der Waals surface area contributed by atoms with E-state index in [0.29, 0.717) is 31.9 Å². The van der Waals surface area contributed by atoms with Gasteiger partial charge in [0.05, 0.1) is 23.2 Å². The smallest absolute Gasteiger partial charge is 0.330 e. The number of benzene rings is 1. The van der Waals surface area contributed by atoms with Crippen LogP contribution < -0.4 is 10.2 Å². The second kappa shape index (κ2) is 8.14. The normalized spacial score (nSPS) is 25.8. The molecule has 1 saturated carbocycles. The Labute approximate surface area is 192 Å². The molecule has 5 nitrogen and oxygen atoms in total. The maximum atomic E-state index is 13.6. The largest absolute Gasteiger partial charge is 0.419 e. The second-order valence-electron chi connectivity index (χ2n) is 9.18. The summed E-state index contributed by atoms with van der Waals surface area (Å²) in [5, 5.41) is 2.81. The molecule has 0 atom stereocenters. The maximum Gasteiger partial charge on any atom is 0.419 e. The number of nitrogens with zero attached hydrogens (tertiary/aromatic N) is 3. The average Bonchev–Trinajstić information content (AvgIpc) is 3.09. The molecule has 1 N–H and O–H groups in total.